The highest BCUT2D eigenvalue weighted by molar-refractivity contribution is 7.88. The van der Waals surface area contributed by atoms with Gasteiger partial charge in [-0.3, -0.25) is 9.10 Å². The zero-order valence-corrected chi connectivity index (χ0v) is 9.80. The normalized spacial score (nSPS) is 23.8. The summed E-state index contributed by atoms with van der Waals surface area (Å²) < 4.78 is 12.9. The molecule has 0 radical (unpaired) electrons. The van der Waals surface area contributed by atoms with Crippen molar-refractivity contribution in [1.82, 2.24) is 0 Å². The summed E-state index contributed by atoms with van der Waals surface area (Å²) in [7, 11) is 0.450. The third kappa shape index (κ3) is 1.32. The summed E-state index contributed by atoms with van der Waals surface area (Å²) >= 11 is 0. The van der Waals surface area contributed by atoms with Crippen LogP contribution in [0.2, 0.25) is 0 Å². The summed E-state index contributed by atoms with van der Waals surface area (Å²) in [5, 5.41) is 0. The molecule has 0 aliphatic carbocycles. The van der Waals surface area contributed by atoms with Gasteiger partial charge in [-0.2, -0.15) is 0 Å². The van der Waals surface area contributed by atoms with Crippen molar-refractivity contribution in [2.24, 2.45) is 0 Å². The van der Waals surface area contributed by atoms with Crippen LogP contribution in [-0.4, -0.2) is 21.8 Å². The van der Waals surface area contributed by atoms with E-state index in [0.717, 1.165) is 5.69 Å². The van der Waals surface area contributed by atoms with Gasteiger partial charge < -0.3 is 0 Å². The van der Waals surface area contributed by atoms with Gasteiger partial charge in [-0.1, -0.05) is 12.1 Å². The van der Waals surface area contributed by atoms with Gasteiger partial charge in [-0.25, -0.2) is 4.21 Å². The molecule has 1 atom stereocenters. The first-order valence-corrected chi connectivity index (χ1v) is 5.86. The van der Waals surface area contributed by atoms with Gasteiger partial charge in [0.05, 0.1) is 5.69 Å². The zero-order chi connectivity index (χ0) is 11.2. The first kappa shape index (κ1) is 10.4. The van der Waals surface area contributed by atoms with Crippen molar-refractivity contribution in [3.63, 3.8) is 0 Å². The Morgan fingerprint density at radius 1 is 1.27 bits per heavy atom. The van der Waals surface area contributed by atoms with Crippen molar-refractivity contribution < 1.29 is 9.00 Å². The minimum absolute atomic E-state index is 0.0467. The van der Waals surface area contributed by atoms with Crippen LogP contribution in [0.4, 0.5) is 5.69 Å². The predicted molar refractivity (Wildman–Crippen MR) is 61.4 cm³/mol. The number of ketones is 1. The number of para-hydroxylation sites is 1. The number of hydrogen-bond acceptors (Lipinski definition) is 2. The van der Waals surface area contributed by atoms with Crippen LogP contribution >= 0.6 is 0 Å². The Bertz CT molecular complexity index is 454. The highest BCUT2D eigenvalue weighted by atomic mass is 32.2. The van der Waals surface area contributed by atoms with Crippen LogP contribution in [0.3, 0.4) is 0 Å². The summed E-state index contributed by atoms with van der Waals surface area (Å²) in [5.74, 6) is -0.0467. The molecule has 1 aromatic carbocycles. The molecule has 0 amide bonds. The summed E-state index contributed by atoms with van der Waals surface area (Å²) in [5.41, 5.74) is 1.41. The van der Waals surface area contributed by atoms with Crippen molar-refractivity contribution >= 4 is 22.5 Å². The molecule has 0 fully saturated rings. The Kier molecular flexibility index (Phi) is 2.19. The lowest BCUT2D eigenvalue weighted by Crippen LogP contribution is -2.48. The van der Waals surface area contributed by atoms with E-state index in [1.54, 1.807) is 31.3 Å². The lowest BCUT2D eigenvalue weighted by Gasteiger charge is -2.35. The predicted octanol–water partition coefficient (Wildman–Crippen LogP) is 1.76. The van der Waals surface area contributed by atoms with Crippen LogP contribution in [0.25, 0.3) is 0 Å². The maximum Gasteiger partial charge on any atom is 0.184 e. The van der Waals surface area contributed by atoms with E-state index >= 15 is 0 Å². The monoisotopic (exact) mass is 223 g/mol. The van der Waals surface area contributed by atoms with Gasteiger partial charge in [0, 0.05) is 12.6 Å². The molecule has 0 N–H and O–H groups in total. The van der Waals surface area contributed by atoms with Crippen LogP contribution in [0.5, 0.6) is 0 Å². The molecule has 0 saturated heterocycles. The molecule has 3 nitrogen and oxygen atoms in total. The summed E-state index contributed by atoms with van der Waals surface area (Å²) in [6, 6.07) is 7.28. The summed E-state index contributed by atoms with van der Waals surface area (Å²) in [4.78, 5) is 12.1. The first-order chi connectivity index (χ1) is 6.96. The molecule has 2 rings (SSSR count). The number of fused-ring (bicyclic) bond motifs is 1. The lowest BCUT2D eigenvalue weighted by molar-refractivity contribution is 0.0954. The Hall–Kier alpha value is -1.16. The van der Waals surface area contributed by atoms with Gasteiger partial charge in [0.25, 0.3) is 0 Å². The molecule has 1 aromatic rings. The molecule has 15 heavy (non-hydrogen) atoms. The van der Waals surface area contributed by atoms with E-state index < -0.39 is 15.7 Å². The number of benzene rings is 1. The highest BCUT2D eigenvalue weighted by Gasteiger charge is 2.43. The molecule has 1 aliphatic rings. The molecule has 4 heteroatoms. The number of anilines is 1. The maximum absolute atomic E-state index is 12.1. The molecule has 0 saturated carbocycles. The molecule has 0 aromatic heterocycles. The smallest absolute Gasteiger partial charge is 0.184 e. The standard InChI is InChI=1S/C11H13NO2S/c1-11(2)10(13)8-6-4-5-7-9(8)12(3)15(11)14/h4-7H,1-3H3. The van der Waals surface area contributed by atoms with Crippen LogP contribution < -0.4 is 4.31 Å². The van der Waals surface area contributed by atoms with Crippen molar-refractivity contribution in [2.45, 2.75) is 18.6 Å². The average Bonchev–Trinajstić information content (AvgIpc) is 2.24. The van der Waals surface area contributed by atoms with Gasteiger partial charge in [0.1, 0.15) is 15.7 Å². The van der Waals surface area contributed by atoms with E-state index in [0.29, 0.717) is 5.56 Å². The third-order valence-electron chi connectivity index (χ3n) is 2.72. The SMILES string of the molecule is CN1c2ccccc2C(=O)C(C)(C)S1=O. The van der Waals surface area contributed by atoms with Crippen molar-refractivity contribution in [1.29, 1.82) is 0 Å². The van der Waals surface area contributed by atoms with Gasteiger partial charge in [0.15, 0.2) is 5.78 Å². The molecule has 1 aliphatic heterocycles. The first-order valence-electron chi connectivity index (χ1n) is 4.76. The number of carbonyl (C=O) groups is 1. The second-order valence-corrected chi connectivity index (χ2v) is 6.17. The van der Waals surface area contributed by atoms with E-state index in [1.165, 1.54) is 0 Å². The summed E-state index contributed by atoms with van der Waals surface area (Å²) in [6.07, 6.45) is 0. The minimum Gasteiger partial charge on any atom is -0.293 e. The minimum atomic E-state index is -1.30. The molecule has 0 bridgehead atoms. The lowest BCUT2D eigenvalue weighted by atomic mass is 9.98. The van der Waals surface area contributed by atoms with E-state index in [4.69, 9.17) is 0 Å². The Labute approximate surface area is 91.7 Å². The molecule has 1 heterocycles. The van der Waals surface area contributed by atoms with Crippen LogP contribution in [0, 0.1) is 0 Å². The number of hydrogen-bond donors (Lipinski definition) is 0. The largest absolute Gasteiger partial charge is 0.293 e. The zero-order valence-electron chi connectivity index (χ0n) is 8.98. The Balaban J connectivity index is 2.68. The topological polar surface area (TPSA) is 37.4 Å². The van der Waals surface area contributed by atoms with Crippen molar-refractivity contribution in [3.8, 4) is 0 Å². The number of carbonyl (C=O) groups excluding carboxylic acids is 1. The number of rotatable bonds is 0. The molecule has 80 valence electrons. The van der Waals surface area contributed by atoms with E-state index in [2.05, 4.69) is 0 Å². The van der Waals surface area contributed by atoms with Gasteiger partial charge in [-0.05, 0) is 26.0 Å². The highest BCUT2D eigenvalue weighted by Crippen LogP contribution is 2.34. The molecule has 0 spiro atoms. The summed E-state index contributed by atoms with van der Waals surface area (Å²) in [6.45, 7) is 3.44. The van der Waals surface area contributed by atoms with Gasteiger partial charge in [0.2, 0.25) is 0 Å². The molecular weight excluding hydrogens is 210 g/mol. The molecular formula is C11H13NO2S. The second kappa shape index (κ2) is 3.17. The van der Waals surface area contributed by atoms with Crippen LogP contribution in [-0.2, 0) is 11.0 Å². The Morgan fingerprint density at radius 3 is 2.53 bits per heavy atom. The van der Waals surface area contributed by atoms with Crippen molar-refractivity contribution in [3.05, 3.63) is 29.8 Å². The van der Waals surface area contributed by atoms with Crippen molar-refractivity contribution in [2.75, 3.05) is 11.4 Å². The van der Waals surface area contributed by atoms with Gasteiger partial charge >= 0.3 is 0 Å². The second-order valence-electron chi connectivity index (χ2n) is 4.10. The fourth-order valence-electron chi connectivity index (χ4n) is 1.78. The third-order valence-corrected chi connectivity index (χ3v) is 4.47. The quantitative estimate of drug-likeness (QED) is 0.672. The molecule has 1 unspecified atom stereocenters. The van der Waals surface area contributed by atoms with E-state index in [-0.39, 0.29) is 5.78 Å². The van der Waals surface area contributed by atoms with Gasteiger partial charge in [-0.15, -0.1) is 0 Å². The van der Waals surface area contributed by atoms with Crippen LogP contribution in [0.1, 0.15) is 24.2 Å². The Morgan fingerprint density at radius 2 is 1.87 bits per heavy atom. The number of Topliss-reactive ketones (excluding diaryl/α,β-unsaturated/α-hetero) is 1. The fourth-order valence-corrected chi connectivity index (χ4v) is 3.07. The maximum atomic E-state index is 12.1. The van der Waals surface area contributed by atoms with E-state index in [9.17, 15) is 9.00 Å². The van der Waals surface area contributed by atoms with Crippen LogP contribution in [0.15, 0.2) is 24.3 Å². The van der Waals surface area contributed by atoms with E-state index in [1.807, 2.05) is 18.2 Å². The number of nitrogens with zero attached hydrogens (tertiary/aromatic N) is 1. The fraction of sp³-hybridized carbons (Fsp3) is 0.364. The average molecular weight is 223 g/mol.